The van der Waals surface area contributed by atoms with Gasteiger partial charge in [-0.15, -0.1) is 0 Å². The van der Waals surface area contributed by atoms with Crippen molar-refractivity contribution < 1.29 is 13.5 Å². The average Bonchev–Trinajstić information content (AvgIpc) is 3.18. The second kappa shape index (κ2) is 8.63. The largest absolute Gasteiger partial charge is 0.492 e. The van der Waals surface area contributed by atoms with Gasteiger partial charge in [0.25, 0.3) is 0 Å². The molecule has 0 spiro atoms. The summed E-state index contributed by atoms with van der Waals surface area (Å²) in [5, 5.41) is 5.45. The highest BCUT2D eigenvalue weighted by Crippen LogP contribution is 2.27. The molecule has 0 amide bonds. The molecule has 0 saturated heterocycles. The number of pyridine rings is 2. The third kappa shape index (κ3) is 4.09. The van der Waals surface area contributed by atoms with E-state index in [0.29, 0.717) is 31.0 Å². The summed E-state index contributed by atoms with van der Waals surface area (Å²) in [4.78, 5) is 12.0. The maximum Gasteiger partial charge on any atom is 0.159 e. The smallest absolute Gasteiger partial charge is 0.159 e. The van der Waals surface area contributed by atoms with Crippen LogP contribution >= 0.6 is 0 Å². The molecule has 5 nitrogen and oxygen atoms in total. The minimum Gasteiger partial charge on any atom is -0.492 e. The summed E-state index contributed by atoms with van der Waals surface area (Å²) in [7, 11) is 0. The normalized spacial score (nSPS) is 11.2. The molecule has 5 aromatic rings. The van der Waals surface area contributed by atoms with Crippen molar-refractivity contribution in [3.05, 3.63) is 95.8 Å². The highest BCUT2D eigenvalue weighted by atomic mass is 19.2. The van der Waals surface area contributed by atoms with Crippen LogP contribution in [0.4, 0.5) is 14.6 Å². The molecule has 0 aliphatic carbocycles. The number of aromatic nitrogens is 3. The number of halogens is 2. The first-order chi connectivity index (χ1) is 15.7. The Bertz CT molecular complexity index is 1400. The predicted octanol–water partition coefficient (Wildman–Crippen LogP) is 5.47. The van der Waals surface area contributed by atoms with E-state index in [9.17, 15) is 8.78 Å². The molecule has 5 rings (SSSR count). The van der Waals surface area contributed by atoms with E-state index in [1.807, 2.05) is 42.5 Å². The summed E-state index contributed by atoms with van der Waals surface area (Å²) in [5.74, 6) is -0.249. The van der Waals surface area contributed by atoms with Gasteiger partial charge in [-0.1, -0.05) is 12.1 Å². The maximum atomic E-state index is 13.5. The lowest BCUT2D eigenvalue weighted by molar-refractivity contribution is 0.333. The van der Waals surface area contributed by atoms with Crippen LogP contribution < -0.4 is 10.1 Å². The van der Waals surface area contributed by atoms with E-state index in [1.165, 1.54) is 6.07 Å². The summed E-state index contributed by atoms with van der Waals surface area (Å²) < 4.78 is 32.6. The first-order valence-corrected chi connectivity index (χ1v) is 10.3. The summed E-state index contributed by atoms with van der Waals surface area (Å²) in [5.41, 5.74) is 3.40. The van der Waals surface area contributed by atoms with Gasteiger partial charge in [-0.25, -0.2) is 18.7 Å². The number of nitrogens with zero attached hydrogens (tertiary/aromatic N) is 2. The predicted molar refractivity (Wildman–Crippen MR) is 121 cm³/mol. The number of rotatable bonds is 7. The van der Waals surface area contributed by atoms with Gasteiger partial charge in [0, 0.05) is 35.7 Å². The van der Waals surface area contributed by atoms with Crippen LogP contribution in [0.5, 0.6) is 5.75 Å². The number of fused-ring (bicyclic) bond motifs is 3. The minimum atomic E-state index is -0.850. The number of benzene rings is 2. The molecule has 2 aromatic carbocycles. The summed E-state index contributed by atoms with van der Waals surface area (Å²) >= 11 is 0. The number of hydrogen-bond donors (Lipinski definition) is 2. The minimum absolute atomic E-state index is 0.436. The van der Waals surface area contributed by atoms with Gasteiger partial charge < -0.3 is 15.0 Å². The van der Waals surface area contributed by atoms with Crippen LogP contribution in [0.3, 0.4) is 0 Å². The Labute approximate surface area is 183 Å². The SMILES string of the molecule is Fc1ccc(Cc2cccnc2NCCOc2ccc3c(c2)[nH]c2ncccc23)cc1F. The van der Waals surface area contributed by atoms with Gasteiger partial charge in [0.15, 0.2) is 11.6 Å². The molecule has 3 heterocycles. The molecule has 0 bridgehead atoms. The van der Waals surface area contributed by atoms with Gasteiger partial charge in [0.05, 0.1) is 12.1 Å². The molecule has 0 atom stereocenters. The number of hydrogen-bond acceptors (Lipinski definition) is 4. The molecule has 0 aliphatic heterocycles. The molecule has 0 saturated carbocycles. The van der Waals surface area contributed by atoms with E-state index in [0.717, 1.165) is 39.3 Å². The van der Waals surface area contributed by atoms with E-state index in [1.54, 1.807) is 18.5 Å². The van der Waals surface area contributed by atoms with Crippen molar-refractivity contribution >= 4 is 27.8 Å². The second-order valence-corrected chi connectivity index (χ2v) is 7.44. The maximum absolute atomic E-state index is 13.5. The first-order valence-electron chi connectivity index (χ1n) is 10.3. The van der Waals surface area contributed by atoms with Crippen LogP contribution in [-0.2, 0) is 6.42 Å². The van der Waals surface area contributed by atoms with Gasteiger partial charge in [-0.05, 0) is 53.6 Å². The zero-order valence-electron chi connectivity index (χ0n) is 17.1. The highest BCUT2D eigenvalue weighted by Gasteiger charge is 2.08. The average molecular weight is 430 g/mol. The van der Waals surface area contributed by atoms with Crippen molar-refractivity contribution in [3.63, 3.8) is 0 Å². The van der Waals surface area contributed by atoms with Crippen LogP contribution in [0.2, 0.25) is 0 Å². The van der Waals surface area contributed by atoms with Gasteiger partial charge in [-0.3, -0.25) is 0 Å². The van der Waals surface area contributed by atoms with Crippen molar-refractivity contribution in [2.24, 2.45) is 0 Å². The molecule has 32 heavy (non-hydrogen) atoms. The lowest BCUT2D eigenvalue weighted by atomic mass is 10.1. The summed E-state index contributed by atoms with van der Waals surface area (Å²) in [6.07, 6.45) is 3.90. The molecule has 2 N–H and O–H groups in total. The molecule has 0 unspecified atom stereocenters. The number of aromatic amines is 1. The highest BCUT2D eigenvalue weighted by molar-refractivity contribution is 6.06. The Balaban J connectivity index is 1.22. The molecular formula is C25H20F2N4O. The fourth-order valence-electron chi connectivity index (χ4n) is 3.75. The van der Waals surface area contributed by atoms with Crippen molar-refractivity contribution in [2.45, 2.75) is 6.42 Å². The molecule has 3 aromatic heterocycles. The van der Waals surface area contributed by atoms with E-state index in [-0.39, 0.29) is 0 Å². The van der Waals surface area contributed by atoms with Gasteiger partial charge in [-0.2, -0.15) is 0 Å². The van der Waals surface area contributed by atoms with Crippen molar-refractivity contribution in [2.75, 3.05) is 18.5 Å². The monoisotopic (exact) mass is 430 g/mol. The third-order valence-electron chi connectivity index (χ3n) is 5.28. The Morgan fingerprint density at radius 2 is 1.75 bits per heavy atom. The first kappa shape index (κ1) is 19.9. The number of nitrogens with one attached hydrogen (secondary N) is 2. The molecule has 0 radical (unpaired) electrons. The van der Waals surface area contributed by atoms with Crippen LogP contribution in [0.25, 0.3) is 21.9 Å². The van der Waals surface area contributed by atoms with E-state index >= 15 is 0 Å². The van der Waals surface area contributed by atoms with Crippen molar-refractivity contribution in [1.82, 2.24) is 15.0 Å². The molecule has 0 fully saturated rings. The summed E-state index contributed by atoms with van der Waals surface area (Å²) in [6, 6.07) is 17.6. The third-order valence-corrected chi connectivity index (χ3v) is 5.28. The molecule has 0 aliphatic rings. The van der Waals surface area contributed by atoms with Crippen molar-refractivity contribution in [1.29, 1.82) is 0 Å². The fourth-order valence-corrected chi connectivity index (χ4v) is 3.75. The Morgan fingerprint density at radius 3 is 2.66 bits per heavy atom. The molecular weight excluding hydrogens is 410 g/mol. The zero-order valence-corrected chi connectivity index (χ0v) is 17.1. The fraction of sp³-hybridized carbons (Fsp3) is 0.120. The van der Waals surface area contributed by atoms with Crippen LogP contribution in [-0.4, -0.2) is 28.1 Å². The van der Waals surface area contributed by atoms with Crippen LogP contribution in [0.1, 0.15) is 11.1 Å². The number of anilines is 1. The Kier molecular flexibility index (Phi) is 5.37. The lowest BCUT2D eigenvalue weighted by Crippen LogP contribution is -2.13. The van der Waals surface area contributed by atoms with Gasteiger partial charge in [0.1, 0.15) is 23.8 Å². The van der Waals surface area contributed by atoms with Gasteiger partial charge in [0.2, 0.25) is 0 Å². The topological polar surface area (TPSA) is 62.8 Å². The van der Waals surface area contributed by atoms with E-state index in [2.05, 4.69) is 20.3 Å². The van der Waals surface area contributed by atoms with Crippen LogP contribution in [0.15, 0.2) is 73.1 Å². The second-order valence-electron chi connectivity index (χ2n) is 7.44. The lowest BCUT2D eigenvalue weighted by Gasteiger charge is -2.12. The van der Waals surface area contributed by atoms with Crippen LogP contribution in [0, 0.1) is 11.6 Å². The van der Waals surface area contributed by atoms with Crippen molar-refractivity contribution in [3.8, 4) is 5.75 Å². The molecule has 160 valence electrons. The summed E-state index contributed by atoms with van der Waals surface area (Å²) in [6.45, 7) is 0.971. The standard InChI is InChI=1S/C25H20F2N4O/c26-21-8-5-16(14-22(21)27)13-17-3-1-9-28-24(17)30-11-12-32-18-6-7-19-20-4-2-10-29-25(20)31-23(19)15-18/h1-10,14-15H,11-13H2,(H,28,30)(H,29,31). The number of ether oxygens (including phenoxy) is 1. The molecule has 7 heteroatoms. The van der Waals surface area contributed by atoms with Gasteiger partial charge >= 0.3 is 0 Å². The quantitative estimate of drug-likeness (QED) is 0.336. The van der Waals surface area contributed by atoms with E-state index < -0.39 is 11.6 Å². The Morgan fingerprint density at radius 1 is 0.875 bits per heavy atom. The Hall–Kier alpha value is -4.00. The number of H-pyrrole nitrogens is 1. The van der Waals surface area contributed by atoms with E-state index in [4.69, 9.17) is 4.74 Å². The zero-order chi connectivity index (χ0) is 21.9.